The fourth-order valence-electron chi connectivity index (χ4n) is 2.11. The minimum absolute atomic E-state index is 0.0654. The van der Waals surface area contributed by atoms with Crippen molar-refractivity contribution in [3.63, 3.8) is 0 Å². The van der Waals surface area contributed by atoms with Crippen LogP contribution >= 0.6 is 0 Å². The predicted molar refractivity (Wildman–Crippen MR) is 82.2 cm³/mol. The summed E-state index contributed by atoms with van der Waals surface area (Å²) in [6.45, 7) is 9.86. The molecule has 0 bridgehead atoms. The maximum atomic E-state index is 11.7. The van der Waals surface area contributed by atoms with E-state index in [4.69, 9.17) is 5.73 Å². The number of nitrogens with two attached hydrogens (primary N) is 1. The monoisotopic (exact) mass is 285 g/mol. The van der Waals surface area contributed by atoms with Crippen LogP contribution in [0.15, 0.2) is 0 Å². The largest absolute Gasteiger partial charge is 0.355 e. The van der Waals surface area contributed by atoms with Gasteiger partial charge in [-0.15, -0.1) is 0 Å². The molecule has 0 aliphatic heterocycles. The molecule has 4 N–H and O–H groups in total. The van der Waals surface area contributed by atoms with Crippen molar-refractivity contribution in [2.75, 3.05) is 19.6 Å². The van der Waals surface area contributed by atoms with E-state index in [1.165, 1.54) is 0 Å². The van der Waals surface area contributed by atoms with Gasteiger partial charge in [-0.05, 0) is 37.1 Å². The zero-order valence-corrected chi connectivity index (χ0v) is 13.4. The summed E-state index contributed by atoms with van der Waals surface area (Å²) in [4.78, 5) is 23.1. The highest BCUT2D eigenvalue weighted by molar-refractivity contribution is 5.84. The molecule has 0 aromatic heterocycles. The van der Waals surface area contributed by atoms with Crippen LogP contribution in [-0.2, 0) is 9.59 Å². The molecule has 0 saturated heterocycles. The minimum Gasteiger partial charge on any atom is -0.355 e. The number of hydrogen-bond donors (Lipinski definition) is 3. The van der Waals surface area contributed by atoms with Crippen molar-refractivity contribution in [3.05, 3.63) is 0 Å². The van der Waals surface area contributed by atoms with E-state index in [0.717, 1.165) is 19.3 Å². The predicted octanol–water partition coefficient (Wildman–Crippen LogP) is 1.42. The second kappa shape index (κ2) is 9.75. The average molecular weight is 285 g/mol. The number of carbonyl (C=O) groups excluding carboxylic acids is 2. The van der Waals surface area contributed by atoms with Gasteiger partial charge >= 0.3 is 0 Å². The lowest BCUT2D eigenvalue weighted by Gasteiger charge is -2.30. The minimum atomic E-state index is -0.130. The molecule has 0 heterocycles. The Labute approximate surface area is 123 Å². The topological polar surface area (TPSA) is 84.2 Å². The van der Waals surface area contributed by atoms with Crippen LogP contribution in [0.4, 0.5) is 0 Å². The normalized spacial score (nSPS) is 12.8. The van der Waals surface area contributed by atoms with Crippen molar-refractivity contribution in [1.82, 2.24) is 10.6 Å². The first-order valence-electron chi connectivity index (χ1n) is 7.54. The van der Waals surface area contributed by atoms with Gasteiger partial charge in [0.05, 0.1) is 6.54 Å². The summed E-state index contributed by atoms with van der Waals surface area (Å²) in [6.07, 6.45) is 3.08. The molecule has 1 unspecified atom stereocenters. The van der Waals surface area contributed by atoms with Gasteiger partial charge in [-0.2, -0.15) is 0 Å². The summed E-state index contributed by atoms with van der Waals surface area (Å²) in [5, 5.41) is 5.38. The van der Waals surface area contributed by atoms with Crippen molar-refractivity contribution in [2.24, 2.45) is 17.1 Å². The van der Waals surface area contributed by atoms with Gasteiger partial charge in [0.25, 0.3) is 0 Å². The van der Waals surface area contributed by atoms with Gasteiger partial charge < -0.3 is 16.4 Å². The molecule has 5 heteroatoms. The molecule has 1 atom stereocenters. The fourth-order valence-corrected chi connectivity index (χ4v) is 2.11. The molecule has 0 radical (unpaired) electrons. The molecule has 0 aliphatic carbocycles. The summed E-state index contributed by atoms with van der Waals surface area (Å²) in [5.74, 6) is 0.226. The van der Waals surface area contributed by atoms with E-state index in [2.05, 4.69) is 31.4 Å². The van der Waals surface area contributed by atoms with Gasteiger partial charge in [0, 0.05) is 13.0 Å². The van der Waals surface area contributed by atoms with Crippen LogP contribution in [0.1, 0.15) is 53.4 Å². The van der Waals surface area contributed by atoms with E-state index in [9.17, 15) is 9.59 Å². The lowest BCUT2D eigenvalue weighted by Crippen LogP contribution is -2.37. The van der Waals surface area contributed by atoms with Crippen LogP contribution < -0.4 is 16.4 Å². The van der Waals surface area contributed by atoms with Gasteiger partial charge in [-0.3, -0.25) is 9.59 Å². The van der Waals surface area contributed by atoms with Crippen LogP contribution in [0.25, 0.3) is 0 Å². The third-order valence-electron chi connectivity index (χ3n) is 3.48. The Hall–Kier alpha value is -1.10. The molecule has 0 saturated carbocycles. The number of nitrogens with one attached hydrogen (secondary N) is 2. The van der Waals surface area contributed by atoms with E-state index in [0.29, 0.717) is 25.4 Å². The Morgan fingerprint density at radius 1 is 1.10 bits per heavy atom. The molecule has 118 valence electrons. The number of hydrogen-bond acceptors (Lipinski definition) is 3. The molecule has 2 amide bonds. The number of carbonyl (C=O) groups is 2. The quantitative estimate of drug-likeness (QED) is 0.599. The summed E-state index contributed by atoms with van der Waals surface area (Å²) in [5.41, 5.74) is 5.77. The molecular weight excluding hydrogens is 254 g/mol. The molecule has 0 aromatic carbocycles. The van der Waals surface area contributed by atoms with Crippen molar-refractivity contribution in [1.29, 1.82) is 0 Å². The van der Waals surface area contributed by atoms with Crippen molar-refractivity contribution < 1.29 is 9.59 Å². The molecule has 0 aromatic rings. The molecule has 5 nitrogen and oxygen atoms in total. The maximum absolute atomic E-state index is 11.7. The fraction of sp³-hybridized carbons (Fsp3) is 0.867. The highest BCUT2D eigenvalue weighted by Crippen LogP contribution is 2.31. The van der Waals surface area contributed by atoms with Crippen LogP contribution in [-0.4, -0.2) is 31.4 Å². The van der Waals surface area contributed by atoms with Gasteiger partial charge in [0.15, 0.2) is 0 Å². The lowest BCUT2D eigenvalue weighted by atomic mass is 9.76. The second-order valence-corrected chi connectivity index (χ2v) is 6.31. The van der Waals surface area contributed by atoms with Crippen molar-refractivity contribution in [2.45, 2.75) is 53.4 Å². The third kappa shape index (κ3) is 8.91. The van der Waals surface area contributed by atoms with Crippen molar-refractivity contribution >= 4 is 11.8 Å². The molecular formula is C15H31N3O2. The highest BCUT2D eigenvalue weighted by atomic mass is 16.2. The zero-order chi connectivity index (χ0) is 15.6. The average Bonchev–Trinajstić information content (AvgIpc) is 2.37. The summed E-state index contributed by atoms with van der Waals surface area (Å²) in [7, 11) is 0. The Morgan fingerprint density at radius 2 is 1.75 bits per heavy atom. The lowest BCUT2D eigenvalue weighted by molar-refractivity contribution is -0.126. The first-order chi connectivity index (χ1) is 9.31. The Bertz CT molecular complexity index is 298. The van der Waals surface area contributed by atoms with Gasteiger partial charge in [0.1, 0.15) is 0 Å². The van der Waals surface area contributed by atoms with Gasteiger partial charge in [-0.25, -0.2) is 0 Å². The van der Waals surface area contributed by atoms with Gasteiger partial charge in [0.2, 0.25) is 11.8 Å². The first kappa shape index (κ1) is 18.9. The van der Waals surface area contributed by atoms with Crippen LogP contribution in [0.2, 0.25) is 0 Å². The number of rotatable bonds is 9. The molecule has 0 spiro atoms. The number of amides is 2. The van der Waals surface area contributed by atoms with E-state index in [1.54, 1.807) is 0 Å². The first-order valence-corrected chi connectivity index (χ1v) is 7.54. The molecule has 0 aliphatic rings. The summed E-state index contributed by atoms with van der Waals surface area (Å²) < 4.78 is 0. The second-order valence-electron chi connectivity index (χ2n) is 6.31. The van der Waals surface area contributed by atoms with Crippen LogP contribution in [0, 0.1) is 11.3 Å². The molecule has 0 rings (SSSR count). The van der Waals surface area contributed by atoms with Crippen LogP contribution in [0.3, 0.4) is 0 Å². The third-order valence-corrected chi connectivity index (χ3v) is 3.48. The maximum Gasteiger partial charge on any atom is 0.239 e. The SMILES string of the molecule is CCCNC(=O)CNC(=O)CCC(CCN)C(C)(C)C. The summed E-state index contributed by atoms with van der Waals surface area (Å²) in [6, 6.07) is 0. The molecule has 20 heavy (non-hydrogen) atoms. The smallest absolute Gasteiger partial charge is 0.239 e. The van der Waals surface area contributed by atoms with Crippen molar-refractivity contribution in [3.8, 4) is 0 Å². The Balaban J connectivity index is 3.99. The standard InChI is InChI=1S/C15H31N3O2/c1-5-10-17-14(20)11-18-13(19)7-6-12(8-9-16)15(2,3)4/h12H,5-11,16H2,1-4H3,(H,17,20)(H,18,19). The van der Waals surface area contributed by atoms with E-state index in [-0.39, 0.29) is 23.8 Å². The Kier molecular flexibility index (Phi) is 9.21. The summed E-state index contributed by atoms with van der Waals surface area (Å²) >= 11 is 0. The van der Waals surface area contributed by atoms with Gasteiger partial charge in [-0.1, -0.05) is 27.7 Å². The Morgan fingerprint density at radius 3 is 2.25 bits per heavy atom. The van der Waals surface area contributed by atoms with E-state index < -0.39 is 0 Å². The van der Waals surface area contributed by atoms with E-state index in [1.807, 2.05) is 6.92 Å². The molecule has 0 fully saturated rings. The van der Waals surface area contributed by atoms with Crippen LogP contribution in [0.5, 0.6) is 0 Å². The highest BCUT2D eigenvalue weighted by Gasteiger charge is 2.24. The zero-order valence-electron chi connectivity index (χ0n) is 13.4. The van der Waals surface area contributed by atoms with E-state index >= 15 is 0 Å².